The lowest BCUT2D eigenvalue weighted by Crippen LogP contribution is -2.37. The monoisotopic (exact) mass is 335 g/mol. The highest BCUT2D eigenvalue weighted by atomic mass is 16.2. The first-order valence-electron chi connectivity index (χ1n) is 8.89. The smallest absolute Gasteiger partial charge is 0.219 e. The molecule has 1 amide bonds. The molecule has 0 spiro atoms. The molecule has 1 aromatic carbocycles. The van der Waals surface area contributed by atoms with Crippen LogP contribution in [0, 0.1) is 0 Å². The van der Waals surface area contributed by atoms with Crippen LogP contribution in [-0.2, 0) is 24.9 Å². The van der Waals surface area contributed by atoms with Gasteiger partial charge in [0.15, 0.2) is 0 Å². The van der Waals surface area contributed by atoms with Gasteiger partial charge in [-0.15, -0.1) is 0 Å². The van der Waals surface area contributed by atoms with E-state index in [1.165, 1.54) is 24.4 Å². The Morgan fingerprint density at radius 3 is 2.84 bits per heavy atom. The van der Waals surface area contributed by atoms with E-state index in [-0.39, 0.29) is 5.91 Å². The first-order valence-corrected chi connectivity index (χ1v) is 8.89. The van der Waals surface area contributed by atoms with Crippen LogP contribution in [0.4, 0.5) is 0 Å². The number of carbonyl (C=O) groups is 1. The zero-order valence-corrected chi connectivity index (χ0v) is 14.6. The van der Waals surface area contributed by atoms with Crippen LogP contribution in [0.15, 0.2) is 24.4 Å². The number of carbonyl (C=O) groups excluding carboxylic acids is 1. The quantitative estimate of drug-likeness (QED) is 0.723. The standard InChI is InChI=1S/C19H21N5O/c1-12(25)23-7-8-24-17(11-23)18(21-19(24)13-3-4-13)14-5-6-16-15(9-14)10-20-22(16)2/h5-6,9-10,13H,3-4,7-8,11H2,1-2H3. The van der Waals surface area contributed by atoms with Gasteiger partial charge in [-0.3, -0.25) is 9.48 Å². The van der Waals surface area contributed by atoms with Crippen molar-refractivity contribution in [2.45, 2.75) is 38.8 Å². The minimum Gasteiger partial charge on any atom is -0.335 e. The van der Waals surface area contributed by atoms with Crippen LogP contribution in [0.25, 0.3) is 22.2 Å². The lowest BCUT2D eigenvalue weighted by atomic mass is 10.1. The Morgan fingerprint density at radius 1 is 1.24 bits per heavy atom. The third-order valence-electron chi connectivity index (χ3n) is 5.44. The molecule has 3 heterocycles. The molecule has 2 aliphatic rings. The molecule has 1 aliphatic heterocycles. The summed E-state index contributed by atoms with van der Waals surface area (Å²) in [5, 5.41) is 5.45. The summed E-state index contributed by atoms with van der Waals surface area (Å²) in [4.78, 5) is 18.8. The van der Waals surface area contributed by atoms with E-state index in [1.54, 1.807) is 6.92 Å². The molecule has 0 unspecified atom stereocenters. The Hall–Kier alpha value is -2.63. The molecule has 1 fully saturated rings. The van der Waals surface area contributed by atoms with E-state index in [0.717, 1.165) is 35.2 Å². The van der Waals surface area contributed by atoms with Crippen molar-refractivity contribution in [3.63, 3.8) is 0 Å². The van der Waals surface area contributed by atoms with Gasteiger partial charge in [0.25, 0.3) is 0 Å². The second-order valence-corrected chi connectivity index (χ2v) is 7.17. The van der Waals surface area contributed by atoms with E-state index in [9.17, 15) is 4.79 Å². The number of hydrogen-bond acceptors (Lipinski definition) is 3. The van der Waals surface area contributed by atoms with Crippen molar-refractivity contribution >= 4 is 16.8 Å². The molecule has 1 saturated carbocycles. The maximum atomic E-state index is 11.9. The molecule has 2 aromatic heterocycles. The van der Waals surface area contributed by atoms with Gasteiger partial charge in [-0.05, 0) is 25.0 Å². The molecular formula is C19H21N5O. The fraction of sp³-hybridized carbons (Fsp3) is 0.421. The highest BCUT2D eigenvalue weighted by Crippen LogP contribution is 2.42. The summed E-state index contributed by atoms with van der Waals surface area (Å²) in [6, 6.07) is 6.39. The first-order chi connectivity index (χ1) is 12.1. The fourth-order valence-electron chi connectivity index (χ4n) is 3.86. The number of imidazole rings is 1. The summed E-state index contributed by atoms with van der Waals surface area (Å²) in [5.41, 5.74) is 4.43. The van der Waals surface area contributed by atoms with Crippen molar-refractivity contribution in [3.05, 3.63) is 35.9 Å². The molecule has 3 aromatic rings. The summed E-state index contributed by atoms with van der Waals surface area (Å²) in [6.45, 7) is 3.92. The normalized spacial score (nSPS) is 17.1. The molecule has 1 aliphatic carbocycles. The molecular weight excluding hydrogens is 314 g/mol. The van der Waals surface area contributed by atoms with Crippen molar-refractivity contribution in [2.24, 2.45) is 7.05 Å². The van der Waals surface area contributed by atoms with Crippen LogP contribution in [0.3, 0.4) is 0 Å². The SMILES string of the molecule is CC(=O)N1CCn2c(C3CC3)nc(-c3ccc4c(cnn4C)c3)c2C1. The third kappa shape index (κ3) is 2.27. The summed E-state index contributed by atoms with van der Waals surface area (Å²) in [7, 11) is 1.95. The van der Waals surface area contributed by atoms with Gasteiger partial charge >= 0.3 is 0 Å². The largest absolute Gasteiger partial charge is 0.335 e. The van der Waals surface area contributed by atoms with Crippen molar-refractivity contribution in [3.8, 4) is 11.3 Å². The van der Waals surface area contributed by atoms with E-state index < -0.39 is 0 Å². The van der Waals surface area contributed by atoms with E-state index in [2.05, 4.69) is 27.9 Å². The summed E-state index contributed by atoms with van der Waals surface area (Å²) in [6.07, 6.45) is 4.35. The Morgan fingerprint density at radius 2 is 2.08 bits per heavy atom. The number of aromatic nitrogens is 4. The Balaban J connectivity index is 1.65. The molecule has 6 heteroatoms. The molecule has 0 atom stereocenters. The van der Waals surface area contributed by atoms with Gasteiger partial charge in [0.2, 0.25) is 5.91 Å². The van der Waals surface area contributed by atoms with Crippen LogP contribution in [0.5, 0.6) is 0 Å². The number of fused-ring (bicyclic) bond motifs is 2. The molecule has 128 valence electrons. The van der Waals surface area contributed by atoms with Gasteiger partial charge in [-0.25, -0.2) is 4.98 Å². The Labute approximate surface area is 146 Å². The predicted octanol–water partition coefficient (Wildman–Crippen LogP) is 2.68. The lowest BCUT2D eigenvalue weighted by molar-refractivity contribution is -0.130. The Bertz CT molecular complexity index is 995. The molecule has 0 radical (unpaired) electrons. The molecule has 6 nitrogen and oxygen atoms in total. The maximum absolute atomic E-state index is 11.9. The average molecular weight is 335 g/mol. The van der Waals surface area contributed by atoms with Crippen molar-refractivity contribution in [1.82, 2.24) is 24.2 Å². The topological polar surface area (TPSA) is 56.0 Å². The van der Waals surface area contributed by atoms with Crippen molar-refractivity contribution in [1.29, 1.82) is 0 Å². The number of amides is 1. The second-order valence-electron chi connectivity index (χ2n) is 7.17. The lowest BCUT2D eigenvalue weighted by Gasteiger charge is -2.28. The molecule has 0 N–H and O–H groups in total. The zero-order valence-electron chi connectivity index (χ0n) is 14.6. The third-order valence-corrected chi connectivity index (χ3v) is 5.44. The predicted molar refractivity (Wildman–Crippen MR) is 95.0 cm³/mol. The van der Waals surface area contributed by atoms with Crippen LogP contribution in [0.1, 0.15) is 37.2 Å². The van der Waals surface area contributed by atoms with E-state index >= 15 is 0 Å². The highest BCUT2D eigenvalue weighted by molar-refractivity contribution is 5.84. The number of hydrogen-bond donors (Lipinski definition) is 0. The van der Waals surface area contributed by atoms with Gasteiger partial charge in [0.05, 0.1) is 29.6 Å². The van der Waals surface area contributed by atoms with Gasteiger partial charge < -0.3 is 9.47 Å². The molecule has 0 bridgehead atoms. The number of rotatable bonds is 2. The van der Waals surface area contributed by atoms with Gasteiger partial charge in [-0.2, -0.15) is 5.10 Å². The van der Waals surface area contributed by atoms with Crippen LogP contribution in [0.2, 0.25) is 0 Å². The Kier molecular flexibility index (Phi) is 3.04. The highest BCUT2D eigenvalue weighted by Gasteiger charge is 2.34. The summed E-state index contributed by atoms with van der Waals surface area (Å²) in [5.74, 6) is 1.94. The van der Waals surface area contributed by atoms with E-state index in [1.807, 2.05) is 22.8 Å². The van der Waals surface area contributed by atoms with E-state index in [0.29, 0.717) is 12.5 Å². The summed E-state index contributed by atoms with van der Waals surface area (Å²) < 4.78 is 4.24. The zero-order chi connectivity index (χ0) is 17.1. The number of aryl methyl sites for hydroxylation is 1. The average Bonchev–Trinajstić information content (AvgIpc) is 3.29. The van der Waals surface area contributed by atoms with Crippen LogP contribution < -0.4 is 0 Å². The van der Waals surface area contributed by atoms with Gasteiger partial charge in [0.1, 0.15) is 5.82 Å². The second kappa shape index (κ2) is 5.18. The maximum Gasteiger partial charge on any atom is 0.219 e. The van der Waals surface area contributed by atoms with Crippen LogP contribution >= 0.6 is 0 Å². The minimum absolute atomic E-state index is 0.133. The minimum atomic E-state index is 0.133. The van der Waals surface area contributed by atoms with Crippen molar-refractivity contribution < 1.29 is 4.79 Å². The summed E-state index contributed by atoms with van der Waals surface area (Å²) >= 11 is 0. The van der Waals surface area contributed by atoms with Gasteiger partial charge in [0, 0.05) is 43.9 Å². The number of nitrogens with zero attached hydrogens (tertiary/aromatic N) is 5. The molecule has 25 heavy (non-hydrogen) atoms. The van der Waals surface area contributed by atoms with E-state index in [4.69, 9.17) is 4.98 Å². The molecule has 0 saturated heterocycles. The first kappa shape index (κ1) is 14.7. The van der Waals surface area contributed by atoms with Crippen LogP contribution in [-0.4, -0.2) is 36.7 Å². The fourth-order valence-corrected chi connectivity index (χ4v) is 3.86. The molecule has 5 rings (SSSR count). The number of benzene rings is 1. The van der Waals surface area contributed by atoms with Gasteiger partial charge in [-0.1, -0.05) is 6.07 Å². The van der Waals surface area contributed by atoms with Crippen molar-refractivity contribution in [2.75, 3.05) is 6.54 Å².